The lowest BCUT2D eigenvalue weighted by Crippen LogP contribution is -2.15. The Morgan fingerprint density at radius 3 is 2.00 bits per heavy atom. The van der Waals surface area contributed by atoms with Gasteiger partial charge in [-0.2, -0.15) is 0 Å². The summed E-state index contributed by atoms with van der Waals surface area (Å²) < 4.78 is 32.2. The third kappa shape index (κ3) is 3.63. The summed E-state index contributed by atoms with van der Waals surface area (Å²) in [6.07, 6.45) is 0. The lowest BCUT2D eigenvalue weighted by molar-refractivity contribution is 0.0686. The number of aromatic carboxylic acids is 2. The van der Waals surface area contributed by atoms with E-state index in [1.165, 1.54) is 43.5 Å². The van der Waals surface area contributed by atoms with Crippen LogP contribution in [0.25, 0.3) is 0 Å². The highest BCUT2D eigenvalue weighted by molar-refractivity contribution is 7.92. The third-order valence-corrected chi connectivity index (χ3v) is 4.49. The topological polar surface area (TPSA) is 130 Å². The van der Waals surface area contributed by atoms with Gasteiger partial charge in [-0.3, -0.25) is 4.72 Å². The minimum absolute atomic E-state index is 0.00315. The number of hydrogen-bond donors (Lipinski definition) is 3. The predicted molar refractivity (Wildman–Crippen MR) is 84.2 cm³/mol. The summed E-state index contributed by atoms with van der Waals surface area (Å²) in [7, 11) is -2.87. The van der Waals surface area contributed by atoms with Crippen LogP contribution in [0.3, 0.4) is 0 Å². The lowest BCUT2D eigenvalue weighted by Gasteiger charge is -2.12. The Morgan fingerprint density at radius 2 is 1.50 bits per heavy atom. The second-order valence-corrected chi connectivity index (χ2v) is 6.31. The highest BCUT2D eigenvalue weighted by atomic mass is 32.2. The molecule has 0 fully saturated rings. The zero-order valence-corrected chi connectivity index (χ0v) is 13.2. The first-order chi connectivity index (χ1) is 11.2. The first-order valence-electron chi connectivity index (χ1n) is 6.52. The third-order valence-electron chi connectivity index (χ3n) is 3.08. The molecular weight excluding hydrogens is 338 g/mol. The zero-order chi connectivity index (χ0) is 17.9. The smallest absolute Gasteiger partial charge is 0.335 e. The van der Waals surface area contributed by atoms with Gasteiger partial charge in [0.25, 0.3) is 10.0 Å². The molecule has 0 heterocycles. The number of carboxylic acids is 2. The second kappa shape index (κ2) is 6.59. The van der Waals surface area contributed by atoms with E-state index in [4.69, 9.17) is 14.9 Å². The van der Waals surface area contributed by atoms with Gasteiger partial charge >= 0.3 is 11.9 Å². The van der Waals surface area contributed by atoms with Crippen LogP contribution in [-0.4, -0.2) is 37.7 Å². The van der Waals surface area contributed by atoms with Gasteiger partial charge in [0.15, 0.2) is 0 Å². The van der Waals surface area contributed by atoms with Gasteiger partial charge < -0.3 is 14.9 Å². The van der Waals surface area contributed by atoms with E-state index >= 15 is 0 Å². The van der Waals surface area contributed by atoms with Gasteiger partial charge in [0, 0.05) is 5.69 Å². The molecule has 126 valence electrons. The van der Waals surface area contributed by atoms with Crippen molar-refractivity contribution in [2.24, 2.45) is 0 Å². The van der Waals surface area contributed by atoms with Gasteiger partial charge in [-0.05, 0) is 42.5 Å². The summed E-state index contributed by atoms with van der Waals surface area (Å²) >= 11 is 0. The molecule has 24 heavy (non-hydrogen) atoms. The molecule has 3 N–H and O–H groups in total. The van der Waals surface area contributed by atoms with Crippen LogP contribution in [0, 0.1) is 0 Å². The van der Waals surface area contributed by atoms with Crippen molar-refractivity contribution >= 4 is 27.6 Å². The molecule has 9 heteroatoms. The van der Waals surface area contributed by atoms with Crippen molar-refractivity contribution in [1.82, 2.24) is 0 Å². The number of sulfonamides is 1. The molecule has 0 bridgehead atoms. The van der Waals surface area contributed by atoms with E-state index in [1.807, 2.05) is 0 Å². The van der Waals surface area contributed by atoms with E-state index in [1.54, 1.807) is 0 Å². The molecule has 0 aliphatic heterocycles. The Balaban J connectivity index is 2.41. The fourth-order valence-corrected chi connectivity index (χ4v) is 3.17. The standard InChI is InChI=1S/C15H13NO7S/c1-23-12-7-4-10(15(19)20)8-13(12)24(21,22)16-11-5-2-9(3-6-11)14(17)18/h2-8,16H,1H3,(H,17,18)(H,19,20). The van der Waals surface area contributed by atoms with E-state index in [2.05, 4.69) is 4.72 Å². The zero-order valence-electron chi connectivity index (χ0n) is 12.4. The molecule has 2 aromatic carbocycles. The molecule has 0 amide bonds. The van der Waals surface area contributed by atoms with Crippen molar-refractivity contribution in [2.75, 3.05) is 11.8 Å². The quantitative estimate of drug-likeness (QED) is 0.724. The van der Waals surface area contributed by atoms with Crippen LogP contribution in [0.2, 0.25) is 0 Å². The Bertz CT molecular complexity index is 889. The van der Waals surface area contributed by atoms with Crippen molar-refractivity contribution in [3.63, 3.8) is 0 Å². The Morgan fingerprint density at radius 1 is 0.958 bits per heavy atom. The predicted octanol–water partition coefficient (Wildman–Crippen LogP) is 1.89. The summed E-state index contributed by atoms with van der Waals surface area (Å²) in [4.78, 5) is 21.5. The summed E-state index contributed by atoms with van der Waals surface area (Å²) in [5, 5.41) is 17.8. The van der Waals surface area contributed by atoms with E-state index in [9.17, 15) is 18.0 Å². The number of hydrogen-bond acceptors (Lipinski definition) is 5. The number of carbonyl (C=O) groups is 2. The van der Waals surface area contributed by atoms with E-state index in [0.717, 1.165) is 6.07 Å². The SMILES string of the molecule is COc1ccc(C(=O)O)cc1S(=O)(=O)Nc1ccc(C(=O)O)cc1. The number of rotatable bonds is 6. The van der Waals surface area contributed by atoms with Crippen molar-refractivity contribution in [1.29, 1.82) is 0 Å². The Kier molecular flexibility index (Phi) is 4.74. The Labute approximate surface area is 137 Å². The normalized spacial score (nSPS) is 10.9. The molecule has 0 atom stereocenters. The first-order valence-corrected chi connectivity index (χ1v) is 8.00. The maximum Gasteiger partial charge on any atom is 0.335 e. The van der Waals surface area contributed by atoms with Crippen LogP contribution < -0.4 is 9.46 Å². The molecule has 0 aliphatic carbocycles. The number of anilines is 1. The van der Waals surface area contributed by atoms with E-state index in [-0.39, 0.29) is 27.5 Å². The summed E-state index contributed by atoms with van der Waals surface area (Å²) in [6.45, 7) is 0. The average Bonchev–Trinajstić information content (AvgIpc) is 2.54. The maximum absolute atomic E-state index is 12.5. The number of ether oxygens (including phenoxy) is 1. The van der Waals surface area contributed by atoms with Crippen molar-refractivity contribution in [3.8, 4) is 5.75 Å². The highest BCUT2D eigenvalue weighted by Crippen LogP contribution is 2.27. The number of carboxylic acid groups (broad SMARTS) is 2. The molecular formula is C15H13NO7S. The molecule has 0 radical (unpaired) electrons. The monoisotopic (exact) mass is 351 g/mol. The van der Waals surface area contributed by atoms with Gasteiger partial charge in [0.1, 0.15) is 10.6 Å². The molecule has 0 saturated heterocycles. The van der Waals surface area contributed by atoms with E-state index in [0.29, 0.717) is 0 Å². The number of methoxy groups -OCH3 is 1. The minimum atomic E-state index is -4.13. The van der Waals surface area contributed by atoms with Crippen molar-refractivity contribution in [3.05, 3.63) is 53.6 Å². The molecule has 8 nitrogen and oxygen atoms in total. The van der Waals surface area contributed by atoms with Crippen LogP contribution in [0.5, 0.6) is 5.75 Å². The summed E-state index contributed by atoms with van der Waals surface area (Å²) in [6, 6.07) is 8.50. The number of nitrogens with one attached hydrogen (secondary N) is 1. The van der Waals surface area contributed by atoms with Gasteiger partial charge in [-0.25, -0.2) is 18.0 Å². The van der Waals surface area contributed by atoms with Crippen molar-refractivity contribution in [2.45, 2.75) is 4.90 Å². The van der Waals surface area contributed by atoms with Crippen LogP contribution in [0.1, 0.15) is 20.7 Å². The molecule has 0 spiro atoms. The summed E-state index contributed by atoms with van der Waals surface area (Å²) in [5.41, 5.74) is -0.0800. The van der Waals surface area contributed by atoms with Crippen LogP contribution >= 0.6 is 0 Å². The molecule has 0 aliphatic rings. The fraction of sp³-hybridized carbons (Fsp3) is 0.0667. The van der Waals surface area contributed by atoms with Gasteiger partial charge in [-0.1, -0.05) is 0 Å². The molecule has 0 saturated carbocycles. The van der Waals surface area contributed by atoms with Crippen LogP contribution in [-0.2, 0) is 10.0 Å². The highest BCUT2D eigenvalue weighted by Gasteiger charge is 2.22. The van der Waals surface area contributed by atoms with E-state index < -0.39 is 22.0 Å². The van der Waals surface area contributed by atoms with Crippen LogP contribution in [0.4, 0.5) is 5.69 Å². The molecule has 0 aromatic heterocycles. The van der Waals surface area contributed by atoms with Gasteiger partial charge in [0.2, 0.25) is 0 Å². The van der Waals surface area contributed by atoms with Crippen LogP contribution in [0.15, 0.2) is 47.4 Å². The molecule has 2 rings (SSSR count). The summed E-state index contributed by atoms with van der Waals surface area (Å²) in [5.74, 6) is -2.44. The fourth-order valence-electron chi connectivity index (χ4n) is 1.91. The minimum Gasteiger partial charge on any atom is -0.495 e. The van der Waals surface area contributed by atoms with Gasteiger partial charge in [-0.15, -0.1) is 0 Å². The lowest BCUT2D eigenvalue weighted by atomic mass is 10.2. The van der Waals surface area contributed by atoms with Crippen molar-refractivity contribution < 1.29 is 33.0 Å². The maximum atomic E-state index is 12.5. The second-order valence-electron chi connectivity index (χ2n) is 4.66. The number of benzene rings is 2. The average molecular weight is 351 g/mol. The first kappa shape index (κ1) is 17.3. The van der Waals surface area contributed by atoms with Gasteiger partial charge in [0.05, 0.1) is 18.2 Å². The largest absolute Gasteiger partial charge is 0.495 e. The molecule has 0 unspecified atom stereocenters. The molecule has 2 aromatic rings. The Hall–Kier alpha value is -3.07.